The van der Waals surface area contributed by atoms with Crippen LogP contribution in [0.15, 0.2) is 18.2 Å². The Labute approximate surface area is 89.3 Å². The van der Waals surface area contributed by atoms with Crippen LogP contribution >= 0.6 is 30.7 Å². The lowest BCUT2D eigenvalue weighted by Crippen LogP contribution is -1.85. The molecule has 0 fully saturated rings. The zero-order valence-corrected chi connectivity index (χ0v) is 10.8. The Bertz CT molecular complexity index is 291. The summed E-state index contributed by atoms with van der Waals surface area (Å²) in [5.74, 6) is 0.984. The smallest absolute Gasteiger partial charge is 0.122 e. The third-order valence-corrected chi connectivity index (χ3v) is 3.56. The summed E-state index contributed by atoms with van der Waals surface area (Å²) in [4.78, 5) is 0. The summed E-state index contributed by atoms with van der Waals surface area (Å²) in [5, 5.41) is 9.57. The number of methoxy groups -OCH3 is 1. The van der Waals surface area contributed by atoms with Gasteiger partial charge in [0.15, 0.2) is 0 Å². The number of ether oxygens (including phenoxy) is 1. The fourth-order valence-electron chi connectivity index (χ4n) is 0.967. The molecule has 0 aliphatic rings. The van der Waals surface area contributed by atoms with Gasteiger partial charge in [-0.15, -0.1) is 0 Å². The minimum atomic E-state index is -0.279. The fourth-order valence-corrected chi connectivity index (χ4v) is 2.96. The quantitative estimate of drug-likeness (QED) is 0.859. The molecule has 0 aliphatic carbocycles. The Morgan fingerprint density at radius 2 is 2.31 bits per heavy atom. The Morgan fingerprint density at radius 3 is 2.77 bits per heavy atom. The second-order valence-electron chi connectivity index (χ2n) is 2.55. The van der Waals surface area contributed by atoms with Gasteiger partial charge in [-0.05, 0) is 17.9 Å². The van der Waals surface area contributed by atoms with Crippen molar-refractivity contribution in [1.29, 1.82) is 0 Å². The molecular formula is C8H11BrO2P2. The van der Waals surface area contributed by atoms with Crippen LogP contribution in [-0.2, 0) is 6.16 Å². The van der Waals surface area contributed by atoms with Gasteiger partial charge < -0.3 is 9.84 Å². The van der Waals surface area contributed by atoms with E-state index in [4.69, 9.17) is 4.74 Å². The number of phenols is 1. The number of aromatic hydroxyl groups is 1. The Hall–Kier alpha value is 0.160. The van der Waals surface area contributed by atoms with Crippen molar-refractivity contribution in [2.24, 2.45) is 0 Å². The lowest BCUT2D eigenvalue weighted by Gasteiger charge is -2.07. The van der Waals surface area contributed by atoms with Crippen molar-refractivity contribution < 1.29 is 9.84 Å². The van der Waals surface area contributed by atoms with E-state index in [0.717, 1.165) is 11.7 Å². The topological polar surface area (TPSA) is 29.5 Å². The highest BCUT2D eigenvalue weighted by Gasteiger charge is 2.05. The number of halogens is 1. The number of rotatable bonds is 3. The first-order chi connectivity index (χ1) is 6.13. The second kappa shape index (κ2) is 5.14. The van der Waals surface area contributed by atoms with Crippen molar-refractivity contribution in [2.75, 3.05) is 7.11 Å². The highest BCUT2D eigenvalue weighted by atomic mass is 79.9. The van der Waals surface area contributed by atoms with Crippen LogP contribution in [-0.4, -0.2) is 12.2 Å². The van der Waals surface area contributed by atoms with Crippen LogP contribution in [0.2, 0.25) is 0 Å². The maximum Gasteiger partial charge on any atom is 0.122 e. The van der Waals surface area contributed by atoms with Gasteiger partial charge in [-0.1, -0.05) is 30.5 Å². The first kappa shape index (κ1) is 11.2. The summed E-state index contributed by atoms with van der Waals surface area (Å²) in [7, 11) is 4.28. The second-order valence-corrected chi connectivity index (χ2v) is 10.5. The van der Waals surface area contributed by atoms with Gasteiger partial charge >= 0.3 is 0 Å². The molecular weight excluding hydrogens is 270 g/mol. The molecule has 1 rings (SSSR count). The van der Waals surface area contributed by atoms with Gasteiger partial charge in [0.2, 0.25) is 0 Å². The van der Waals surface area contributed by atoms with E-state index in [1.807, 2.05) is 12.1 Å². The van der Waals surface area contributed by atoms with Gasteiger partial charge in [-0.3, -0.25) is 0 Å². The lowest BCUT2D eigenvalue weighted by atomic mass is 10.2. The maximum absolute atomic E-state index is 9.57. The lowest BCUT2D eigenvalue weighted by molar-refractivity contribution is 0.407. The van der Waals surface area contributed by atoms with Crippen LogP contribution in [0.4, 0.5) is 0 Å². The van der Waals surface area contributed by atoms with E-state index in [9.17, 15) is 5.11 Å². The molecule has 0 aromatic heterocycles. The van der Waals surface area contributed by atoms with E-state index in [1.54, 1.807) is 13.2 Å². The summed E-state index contributed by atoms with van der Waals surface area (Å²) in [6, 6.07) is 5.37. The molecule has 1 N–H and O–H groups in total. The summed E-state index contributed by atoms with van der Waals surface area (Å²) >= 11 is 3.47. The van der Waals surface area contributed by atoms with Crippen LogP contribution in [0.5, 0.6) is 11.5 Å². The van der Waals surface area contributed by atoms with Crippen LogP contribution in [0.3, 0.4) is 0 Å². The van der Waals surface area contributed by atoms with E-state index in [0.29, 0.717) is 11.5 Å². The van der Waals surface area contributed by atoms with Crippen molar-refractivity contribution in [1.82, 2.24) is 0 Å². The molecule has 0 bridgehead atoms. The molecule has 13 heavy (non-hydrogen) atoms. The minimum absolute atomic E-state index is 0.279. The normalized spacial score (nSPS) is 12.5. The SMILES string of the molecule is COc1ccc(CP(P)Br)c(O)c1. The van der Waals surface area contributed by atoms with E-state index in [1.165, 1.54) is 0 Å². The third kappa shape index (κ3) is 3.42. The molecule has 0 aliphatic heterocycles. The van der Waals surface area contributed by atoms with E-state index in [2.05, 4.69) is 24.4 Å². The first-order valence-corrected chi connectivity index (χ1v) is 8.83. The van der Waals surface area contributed by atoms with Crippen molar-refractivity contribution >= 4 is 30.7 Å². The predicted molar refractivity (Wildman–Crippen MR) is 63.9 cm³/mol. The molecule has 2 nitrogen and oxygen atoms in total. The molecule has 0 saturated carbocycles. The third-order valence-electron chi connectivity index (χ3n) is 1.61. The van der Waals surface area contributed by atoms with Crippen LogP contribution in [0.1, 0.15) is 5.56 Å². The first-order valence-electron chi connectivity index (χ1n) is 3.67. The number of hydrogen-bond donors (Lipinski definition) is 1. The number of benzene rings is 1. The molecule has 0 heterocycles. The highest BCUT2D eigenvalue weighted by molar-refractivity contribution is 9.44. The molecule has 0 saturated heterocycles. The van der Waals surface area contributed by atoms with Crippen LogP contribution in [0.25, 0.3) is 0 Å². The maximum atomic E-state index is 9.57. The van der Waals surface area contributed by atoms with E-state index < -0.39 is 0 Å². The number of phenolic OH excluding ortho intramolecular Hbond substituents is 1. The predicted octanol–water partition coefficient (Wildman–Crippen LogP) is 3.48. The molecule has 0 radical (unpaired) electrons. The standard InChI is InChI=1S/C8H11BrO2P2/c1-11-7-3-2-6(5-13(9)12)8(10)4-7/h2-4,10H,5,12H2,1H3. The highest BCUT2D eigenvalue weighted by Crippen LogP contribution is 2.55. The molecule has 0 amide bonds. The monoisotopic (exact) mass is 280 g/mol. The molecule has 72 valence electrons. The molecule has 1 aromatic rings. The molecule has 0 spiro atoms. The van der Waals surface area contributed by atoms with E-state index >= 15 is 0 Å². The number of hydrogen-bond acceptors (Lipinski definition) is 2. The molecule has 5 heteroatoms. The van der Waals surface area contributed by atoms with Crippen molar-refractivity contribution in [3.05, 3.63) is 23.8 Å². The van der Waals surface area contributed by atoms with Gasteiger partial charge in [0.05, 0.1) is 7.11 Å². The molecule has 2 atom stereocenters. The van der Waals surface area contributed by atoms with E-state index in [-0.39, 0.29) is 6.31 Å². The van der Waals surface area contributed by atoms with Crippen LogP contribution in [0, 0.1) is 0 Å². The fraction of sp³-hybridized carbons (Fsp3) is 0.250. The summed E-state index contributed by atoms with van der Waals surface area (Å²) in [5.41, 5.74) is 0.943. The Morgan fingerprint density at radius 1 is 1.62 bits per heavy atom. The average molecular weight is 281 g/mol. The van der Waals surface area contributed by atoms with Gasteiger partial charge in [-0.25, -0.2) is 0 Å². The Kier molecular flexibility index (Phi) is 4.45. The van der Waals surface area contributed by atoms with Gasteiger partial charge in [0, 0.05) is 12.2 Å². The average Bonchev–Trinajstić information content (AvgIpc) is 2.08. The van der Waals surface area contributed by atoms with Gasteiger partial charge in [0.1, 0.15) is 11.5 Å². The van der Waals surface area contributed by atoms with Crippen molar-refractivity contribution in [2.45, 2.75) is 6.16 Å². The van der Waals surface area contributed by atoms with Gasteiger partial charge in [0.25, 0.3) is 0 Å². The minimum Gasteiger partial charge on any atom is -0.508 e. The van der Waals surface area contributed by atoms with Gasteiger partial charge in [-0.2, -0.15) is 0 Å². The zero-order chi connectivity index (χ0) is 9.84. The summed E-state index contributed by atoms with van der Waals surface area (Å²) in [6.45, 7) is 0. The Balaban J connectivity index is 2.85. The van der Waals surface area contributed by atoms with Crippen LogP contribution < -0.4 is 4.74 Å². The molecule has 2 unspecified atom stereocenters. The summed E-state index contributed by atoms with van der Waals surface area (Å²) < 4.78 is 4.98. The van der Waals surface area contributed by atoms with Crippen molar-refractivity contribution in [3.63, 3.8) is 0 Å². The zero-order valence-electron chi connectivity index (χ0n) is 7.20. The van der Waals surface area contributed by atoms with Crippen molar-refractivity contribution in [3.8, 4) is 11.5 Å². The largest absolute Gasteiger partial charge is 0.508 e. The molecule has 1 aromatic carbocycles. The summed E-state index contributed by atoms with van der Waals surface area (Å²) in [6.07, 6.45) is 0.565.